The van der Waals surface area contributed by atoms with Crippen LogP contribution in [0.1, 0.15) is 0 Å². The monoisotopic (exact) mass is 408 g/mol. The molecule has 0 aliphatic rings. The molecule has 2 N–H and O–H groups in total. The molecule has 2 heterocycles. The Hall–Kier alpha value is -3.23. The Kier molecular flexibility index (Phi) is 5.05. The molecule has 0 fully saturated rings. The standard InChI is InChI=1S/C20H16N4O2S2/c25-16-11-12-23(14-7-3-1-4-8-14)20(21-16)28-17-13-18(26)24(19(27)22-17)15-9-5-2-6-10-15/h1-13,28H,(H,21,25)(H,22,27). The van der Waals surface area contributed by atoms with Gasteiger partial charge in [0.05, 0.1) is 10.7 Å². The zero-order chi connectivity index (χ0) is 19.5. The molecule has 0 aliphatic carbocycles. The lowest BCUT2D eigenvalue weighted by Crippen LogP contribution is -2.19. The molecule has 28 heavy (non-hydrogen) atoms. The predicted molar refractivity (Wildman–Crippen MR) is 114 cm³/mol. The van der Waals surface area contributed by atoms with Crippen LogP contribution in [0.3, 0.4) is 0 Å². The minimum Gasteiger partial charge on any atom is -0.327 e. The van der Waals surface area contributed by atoms with Crippen LogP contribution in [-0.4, -0.2) is 19.1 Å². The van der Waals surface area contributed by atoms with Crippen LogP contribution < -0.4 is 11.1 Å². The van der Waals surface area contributed by atoms with E-state index in [0.717, 1.165) is 5.69 Å². The highest BCUT2D eigenvalue weighted by Gasteiger charge is 2.04. The summed E-state index contributed by atoms with van der Waals surface area (Å²) in [6.45, 7) is 0. The Morgan fingerprint density at radius 2 is 1.46 bits per heavy atom. The summed E-state index contributed by atoms with van der Waals surface area (Å²) in [6, 6.07) is 21.8. The number of benzene rings is 2. The van der Waals surface area contributed by atoms with Gasteiger partial charge in [-0.15, -0.1) is 11.4 Å². The van der Waals surface area contributed by atoms with E-state index in [0.29, 0.717) is 31.6 Å². The molecule has 0 atom stereocenters. The van der Waals surface area contributed by atoms with E-state index in [9.17, 15) is 9.59 Å². The summed E-state index contributed by atoms with van der Waals surface area (Å²) in [5.41, 5.74) is 1.15. The molecule has 0 aliphatic heterocycles. The maximum atomic E-state index is 12.7. The van der Waals surface area contributed by atoms with E-state index in [4.69, 9.17) is 12.2 Å². The first-order valence-corrected chi connectivity index (χ1v) is 9.76. The van der Waals surface area contributed by atoms with Gasteiger partial charge >= 0.3 is 0 Å². The van der Waals surface area contributed by atoms with Crippen LogP contribution in [0.25, 0.3) is 11.4 Å². The van der Waals surface area contributed by atoms with Crippen LogP contribution in [0, 0.1) is 9.54 Å². The van der Waals surface area contributed by atoms with Gasteiger partial charge < -0.3 is 9.97 Å². The third-order valence-corrected chi connectivity index (χ3v) is 5.34. The zero-order valence-electron chi connectivity index (χ0n) is 14.6. The fourth-order valence-corrected chi connectivity index (χ4v) is 4.18. The van der Waals surface area contributed by atoms with Crippen molar-refractivity contribution in [2.45, 2.75) is 5.03 Å². The van der Waals surface area contributed by atoms with Gasteiger partial charge in [0.2, 0.25) is 0 Å². The first-order chi connectivity index (χ1) is 13.6. The molecule has 0 spiro atoms. The maximum absolute atomic E-state index is 12.7. The highest BCUT2D eigenvalue weighted by Crippen LogP contribution is 2.13. The number of rotatable bonds is 3. The van der Waals surface area contributed by atoms with Gasteiger partial charge in [0, 0.05) is 24.0 Å². The van der Waals surface area contributed by atoms with Crippen LogP contribution in [0.15, 0.2) is 93.6 Å². The average molecular weight is 409 g/mol. The van der Waals surface area contributed by atoms with E-state index in [-0.39, 0.29) is 11.1 Å². The summed E-state index contributed by atoms with van der Waals surface area (Å²) in [6.07, 6.45) is 1.70. The van der Waals surface area contributed by atoms with Gasteiger partial charge in [0.1, 0.15) is 4.77 Å². The topological polar surface area (TPSA) is 75.6 Å². The molecule has 0 unspecified atom stereocenters. The van der Waals surface area contributed by atoms with Gasteiger partial charge in [-0.05, 0) is 36.5 Å². The van der Waals surface area contributed by atoms with Gasteiger partial charge in [0.15, 0.2) is 4.77 Å². The van der Waals surface area contributed by atoms with Crippen molar-refractivity contribution in [3.05, 3.63) is 109 Å². The molecule has 140 valence electrons. The van der Waals surface area contributed by atoms with Gasteiger partial charge in [-0.25, -0.2) is 0 Å². The van der Waals surface area contributed by atoms with Crippen molar-refractivity contribution in [1.29, 1.82) is 0 Å². The van der Waals surface area contributed by atoms with E-state index in [1.54, 1.807) is 6.20 Å². The third kappa shape index (κ3) is 3.73. The molecular weight excluding hydrogens is 392 g/mol. The van der Waals surface area contributed by atoms with Crippen molar-refractivity contribution in [2.24, 2.45) is 0 Å². The zero-order valence-corrected chi connectivity index (χ0v) is 16.3. The van der Waals surface area contributed by atoms with Crippen LogP contribution in [0.4, 0.5) is 0 Å². The summed E-state index contributed by atoms with van der Waals surface area (Å²) in [5, 5.41) is 0.591. The number of thiol groups is 1. The van der Waals surface area contributed by atoms with Crippen LogP contribution in [-0.2, 0) is 0 Å². The van der Waals surface area contributed by atoms with E-state index in [2.05, 4.69) is 9.97 Å². The van der Waals surface area contributed by atoms with Crippen molar-refractivity contribution >= 4 is 23.6 Å². The lowest BCUT2D eigenvalue weighted by Gasteiger charge is -2.09. The Bertz CT molecular complexity index is 1340. The summed E-state index contributed by atoms with van der Waals surface area (Å²) >= 11 is 6.02. The molecule has 6 nitrogen and oxygen atoms in total. The lowest BCUT2D eigenvalue weighted by molar-refractivity contribution is 0.867. The summed E-state index contributed by atoms with van der Waals surface area (Å²) in [5.74, 6) is 0. The molecule has 0 bridgehead atoms. The largest absolute Gasteiger partial charge is 0.327 e. The Labute approximate surface area is 168 Å². The maximum Gasteiger partial charge on any atom is 0.259 e. The van der Waals surface area contributed by atoms with E-state index in [1.165, 1.54) is 16.7 Å². The first-order valence-electron chi connectivity index (χ1n) is 8.46. The summed E-state index contributed by atoms with van der Waals surface area (Å²) in [4.78, 5) is 30.5. The third-order valence-electron chi connectivity index (χ3n) is 4.03. The fourth-order valence-electron chi connectivity index (χ4n) is 2.78. The number of aromatic amines is 2. The second-order valence-electron chi connectivity index (χ2n) is 5.91. The predicted octanol–water partition coefficient (Wildman–Crippen LogP) is 3.43. The van der Waals surface area contributed by atoms with Gasteiger partial charge in [-0.2, -0.15) is 0 Å². The molecule has 4 aromatic rings. The lowest BCUT2D eigenvalue weighted by atomic mass is 10.3. The Morgan fingerprint density at radius 1 is 0.821 bits per heavy atom. The van der Waals surface area contributed by atoms with Gasteiger partial charge in [0.25, 0.3) is 11.1 Å². The highest BCUT2D eigenvalue weighted by molar-refractivity contribution is 7.91. The minimum absolute atomic E-state index is 0.217. The average Bonchev–Trinajstić information content (AvgIpc) is 2.69. The first kappa shape index (κ1) is 18.1. The van der Waals surface area contributed by atoms with Crippen LogP contribution in [0.5, 0.6) is 0 Å². The molecule has 0 saturated carbocycles. The molecule has 8 heteroatoms. The molecule has 2 aromatic carbocycles. The number of para-hydroxylation sites is 2. The smallest absolute Gasteiger partial charge is 0.259 e. The van der Waals surface area contributed by atoms with E-state index >= 15 is 0 Å². The number of H-pyrrole nitrogens is 2. The number of aromatic nitrogens is 4. The highest BCUT2D eigenvalue weighted by atomic mass is 32.1. The molecule has 0 saturated heterocycles. The normalized spacial score (nSPS) is 11.8. The Balaban J connectivity index is 1.90. The van der Waals surface area contributed by atoms with Crippen LogP contribution >= 0.6 is 23.6 Å². The van der Waals surface area contributed by atoms with Crippen molar-refractivity contribution < 1.29 is 0 Å². The van der Waals surface area contributed by atoms with Gasteiger partial charge in [-0.3, -0.25) is 18.7 Å². The molecule has 2 aromatic heterocycles. The second kappa shape index (κ2) is 7.79. The number of nitrogens with one attached hydrogen (secondary N) is 2. The van der Waals surface area contributed by atoms with E-state index < -0.39 is 0 Å². The second-order valence-corrected chi connectivity index (χ2v) is 7.43. The van der Waals surface area contributed by atoms with Gasteiger partial charge in [-0.1, -0.05) is 36.4 Å². The van der Waals surface area contributed by atoms with Crippen molar-refractivity contribution in [2.75, 3.05) is 0 Å². The van der Waals surface area contributed by atoms with E-state index in [1.807, 2.05) is 65.2 Å². The fraction of sp³-hybridized carbons (Fsp3) is 0. The quantitative estimate of drug-likeness (QED) is 0.276. The number of nitrogens with zero attached hydrogens (tertiary/aromatic N) is 2. The van der Waals surface area contributed by atoms with Crippen molar-refractivity contribution in [3.63, 3.8) is 0 Å². The molecular formula is C20H16N4O2S2. The van der Waals surface area contributed by atoms with Crippen molar-refractivity contribution in [3.8, 4) is 11.4 Å². The summed E-state index contributed by atoms with van der Waals surface area (Å²) < 4.78 is 4.21. The van der Waals surface area contributed by atoms with Crippen LogP contribution in [0.2, 0.25) is 0 Å². The number of hydrogen-bond donors (Lipinski definition) is 3. The minimum atomic E-state index is -0.234. The Morgan fingerprint density at radius 3 is 2.11 bits per heavy atom. The molecule has 0 radical (unpaired) electrons. The molecule has 4 rings (SSSR count). The molecule has 0 amide bonds. The van der Waals surface area contributed by atoms with Crippen molar-refractivity contribution in [1.82, 2.24) is 19.1 Å². The number of hydrogen-bond acceptors (Lipinski definition) is 3. The SMILES string of the molecule is O=c1ccn(-c2ccccc2)/c(=[SH]/c2cc(=O)n(-c3ccccc3)c(=S)[nH]2)[nH]1. The summed E-state index contributed by atoms with van der Waals surface area (Å²) in [7, 11) is 0.